The van der Waals surface area contributed by atoms with Crippen molar-refractivity contribution >= 4 is 17.4 Å². The van der Waals surface area contributed by atoms with E-state index in [1.807, 2.05) is 0 Å². The molecule has 1 aromatic heterocycles. The Morgan fingerprint density at radius 3 is 2.90 bits per heavy atom. The highest BCUT2D eigenvalue weighted by atomic mass is 35.5. The number of nitrogens with zero attached hydrogens (tertiary/aromatic N) is 2. The summed E-state index contributed by atoms with van der Waals surface area (Å²) in [6.07, 6.45) is 5.00. The minimum absolute atomic E-state index is 0.508. The first kappa shape index (κ1) is 15.5. The monoisotopic (exact) mass is 297 g/mol. The van der Waals surface area contributed by atoms with Crippen molar-refractivity contribution in [3.8, 4) is 0 Å². The Kier molecular flexibility index (Phi) is 6.07. The van der Waals surface area contributed by atoms with E-state index in [4.69, 9.17) is 16.3 Å². The lowest BCUT2D eigenvalue weighted by Gasteiger charge is -2.32. The molecule has 20 heavy (non-hydrogen) atoms. The predicted molar refractivity (Wildman–Crippen MR) is 83.5 cm³/mol. The third-order valence-electron chi connectivity index (χ3n) is 3.76. The van der Waals surface area contributed by atoms with Crippen molar-refractivity contribution in [3.63, 3.8) is 0 Å². The van der Waals surface area contributed by atoms with Crippen LogP contribution in [0.15, 0.2) is 12.3 Å². The summed E-state index contributed by atoms with van der Waals surface area (Å²) < 4.78 is 5.42. The smallest absolute Gasteiger partial charge is 0.128 e. The van der Waals surface area contributed by atoms with Gasteiger partial charge in [0, 0.05) is 39.0 Å². The van der Waals surface area contributed by atoms with E-state index in [1.54, 1.807) is 6.20 Å². The van der Waals surface area contributed by atoms with E-state index in [9.17, 15) is 0 Å². The third-order valence-corrected chi connectivity index (χ3v) is 4.10. The Bertz CT molecular complexity index is 422. The van der Waals surface area contributed by atoms with E-state index in [2.05, 4.69) is 35.2 Å². The van der Waals surface area contributed by atoms with Gasteiger partial charge in [-0.05, 0) is 37.4 Å². The van der Waals surface area contributed by atoms with Crippen LogP contribution in [0.2, 0.25) is 5.02 Å². The Morgan fingerprint density at radius 1 is 1.45 bits per heavy atom. The van der Waals surface area contributed by atoms with Crippen LogP contribution in [-0.4, -0.2) is 37.8 Å². The molecule has 0 aliphatic carbocycles. The highest BCUT2D eigenvalue weighted by molar-refractivity contribution is 6.31. The van der Waals surface area contributed by atoms with Gasteiger partial charge in [0.1, 0.15) is 5.82 Å². The van der Waals surface area contributed by atoms with Crippen molar-refractivity contribution in [2.24, 2.45) is 0 Å². The molecule has 1 N–H and O–H groups in total. The Morgan fingerprint density at radius 2 is 2.20 bits per heavy atom. The van der Waals surface area contributed by atoms with Gasteiger partial charge in [0.2, 0.25) is 0 Å². The number of pyridine rings is 1. The molecule has 1 aromatic rings. The molecular weight excluding hydrogens is 274 g/mol. The first-order chi connectivity index (χ1) is 9.72. The van der Waals surface area contributed by atoms with Crippen LogP contribution < -0.4 is 10.2 Å². The summed E-state index contributed by atoms with van der Waals surface area (Å²) >= 11 is 6.22. The zero-order chi connectivity index (χ0) is 14.4. The van der Waals surface area contributed by atoms with Crippen LogP contribution in [0, 0.1) is 0 Å². The average Bonchev–Trinajstić information content (AvgIpc) is 2.49. The number of hydrogen-bond acceptors (Lipinski definition) is 4. The summed E-state index contributed by atoms with van der Waals surface area (Å²) in [5, 5.41) is 4.12. The molecule has 0 unspecified atom stereocenters. The largest absolute Gasteiger partial charge is 0.381 e. The molecule has 0 radical (unpaired) electrons. The maximum Gasteiger partial charge on any atom is 0.128 e. The topological polar surface area (TPSA) is 37.4 Å². The fourth-order valence-electron chi connectivity index (χ4n) is 2.46. The second-order valence-corrected chi connectivity index (χ2v) is 5.67. The molecule has 0 spiro atoms. The number of anilines is 1. The van der Waals surface area contributed by atoms with E-state index in [0.29, 0.717) is 6.04 Å². The van der Waals surface area contributed by atoms with Gasteiger partial charge in [0.05, 0.1) is 5.02 Å². The molecule has 1 saturated heterocycles. The van der Waals surface area contributed by atoms with Crippen molar-refractivity contribution in [2.75, 3.05) is 31.7 Å². The van der Waals surface area contributed by atoms with Gasteiger partial charge < -0.3 is 15.0 Å². The first-order valence-corrected chi connectivity index (χ1v) is 7.76. The molecule has 0 atom stereocenters. The van der Waals surface area contributed by atoms with Gasteiger partial charge in [-0.3, -0.25) is 0 Å². The van der Waals surface area contributed by atoms with E-state index in [0.717, 1.165) is 62.0 Å². The fourth-order valence-corrected chi connectivity index (χ4v) is 2.63. The molecule has 2 rings (SSSR count). The quantitative estimate of drug-likeness (QED) is 0.819. The molecular formula is C15H24ClN3O. The molecule has 0 saturated carbocycles. The van der Waals surface area contributed by atoms with Crippen molar-refractivity contribution in [3.05, 3.63) is 22.8 Å². The molecule has 1 aliphatic heterocycles. The molecule has 0 aromatic carbocycles. The van der Waals surface area contributed by atoms with Crippen LogP contribution in [0.25, 0.3) is 0 Å². The van der Waals surface area contributed by atoms with Crippen LogP contribution in [0.3, 0.4) is 0 Å². The molecule has 1 fully saturated rings. The lowest BCUT2D eigenvalue weighted by atomic mass is 10.1. The second-order valence-electron chi connectivity index (χ2n) is 5.27. The number of rotatable bonds is 6. The summed E-state index contributed by atoms with van der Waals surface area (Å²) in [7, 11) is 2.11. The summed E-state index contributed by atoms with van der Waals surface area (Å²) in [6, 6.07) is 2.61. The van der Waals surface area contributed by atoms with E-state index in [1.165, 1.54) is 0 Å². The zero-order valence-electron chi connectivity index (χ0n) is 12.4. The maximum absolute atomic E-state index is 6.22. The molecule has 4 nitrogen and oxygen atoms in total. The SMILES string of the molecule is CCCNCc1cc(N(C)C2CCOCC2)ncc1Cl. The number of aromatic nitrogens is 1. The van der Waals surface area contributed by atoms with Crippen molar-refractivity contribution in [1.82, 2.24) is 10.3 Å². The van der Waals surface area contributed by atoms with Crippen LogP contribution in [0.1, 0.15) is 31.7 Å². The van der Waals surface area contributed by atoms with Gasteiger partial charge in [-0.25, -0.2) is 4.98 Å². The highest BCUT2D eigenvalue weighted by Crippen LogP contribution is 2.23. The Hall–Kier alpha value is -0.840. The van der Waals surface area contributed by atoms with Gasteiger partial charge in [0.15, 0.2) is 0 Å². The Balaban J connectivity index is 2.05. The summed E-state index contributed by atoms with van der Waals surface area (Å²) in [5.74, 6) is 0.995. The van der Waals surface area contributed by atoms with E-state index >= 15 is 0 Å². The third kappa shape index (κ3) is 4.08. The maximum atomic E-state index is 6.22. The van der Waals surface area contributed by atoms with Crippen LogP contribution in [-0.2, 0) is 11.3 Å². The van der Waals surface area contributed by atoms with Gasteiger partial charge >= 0.3 is 0 Å². The number of hydrogen-bond donors (Lipinski definition) is 1. The lowest BCUT2D eigenvalue weighted by molar-refractivity contribution is 0.0853. The van der Waals surface area contributed by atoms with E-state index in [-0.39, 0.29) is 0 Å². The van der Waals surface area contributed by atoms with Crippen molar-refractivity contribution in [1.29, 1.82) is 0 Å². The zero-order valence-corrected chi connectivity index (χ0v) is 13.1. The van der Waals surface area contributed by atoms with Crippen LogP contribution >= 0.6 is 11.6 Å². The fraction of sp³-hybridized carbons (Fsp3) is 0.667. The minimum Gasteiger partial charge on any atom is -0.381 e. The molecule has 2 heterocycles. The predicted octanol–water partition coefficient (Wildman–Crippen LogP) is 2.85. The van der Waals surface area contributed by atoms with Crippen molar-refractivity contribution in [2.45, 2.75) is 38.8 Å². The van der Waals surface area contributed by atoms with Crippen LogP contribution in [0.5, 0.6) is 0 Å². The molecule has 5 heteroatoms. The van der Waals surface area contributed by atoms with Gasteiger partial charge in [-0.15, -0.1) is 0 Å². The van der Waals surface area contributed by atoms with Gasteiger partial charge in [-0.1, -0.05) is 18.5 Å². The van der Waals surface area contributed by atoms with Gasteiger partial charge in [0.25, 0.3) is 0 Å². The molecule has 112 valence electrons. The van der Waals surface area contributed by atoms with Crippen LogP contribution in [0.4, 0.5) is 5.82 Å². The standard InChI is InChI=1S/C15H24ClN3O/c1-3-6-17-10-12-9-15(18-11-14(12)16)19(2)13-4-7-20-8-5-13/h9,11,13,17H,3-8,10H2,1-2H3. The summed E-state index contributed by atoms with van der Waals surface area (Å²) in [4.78, 5) is 6.72. The average molecular weight is 298 g/mol. The Labute approximate surface area is 126 Å². The molecule has 0 bridgehead atoms. The lowest BCUT2D eigenvalue weighted by Crippen LogP contribution is -2.37. The van der Waals surface area contributed by atoms with Crippen molar-refractivity contribution < 1.29 is 4.74 Å². The number of ether oxygens (including phenoxy) is 1. The van der Waals surface area contributed by atoms with E-state index < -0.39 is 0 Å². The van der Waals surface area contributed by atoms with Gasteiger partial charge in [-0.2, -0.15) is 0 Å². The normalized spacial score (nSPS) is 16.4. The molecule has 1 aliphatic rings. The number of nitrogens with one attached hydrogen (secondary N) is 1. The first-order valence-electron chi connectivity index (χ1n) is 7.38. The number of halogens is 1. The minimum atomic E-state index is 0.508. The highest BCUT2D eigenvalue weighted by Gasteiger charge is 2.20. The summed E-state index contributed by atoms with van der Waals surface area (Å²) in [5.41, 5.74) is 1.11. The summed E-state index contributed by atoms with van der Waals surface area (Å²) in [6.45, 7) is 5.64. The second kappa shape index (κ2) is 7.81. The molecule has 0 amide bonds.